The second-order valence-corrected chi connectivity index (χ2v) is 10.3. The molecular weight excluding hydrogens is 559 g/mol. The number of hydrogen-bond acceptors (Lipinski definition) is 7. The molecule has 1 aromatic heterocycles. The number of nitro groups is 1. The summed E-state index contributed by atoms with van der Waals surface area (Å²) in [7, 11) is 1.48. The number of rotatable bonds is 10. The summed E-state index contributed by atoms with van der Waals surface area (Å²) in [5.41, 5.74) is 2.15. The van der Waals surface area contributed by atoms with Gasteiger partial charge in [-0.3, -0.25) is 14.7 Å². The molecule has 37 heavy (non-hydrogen) atoms. The standard InChI is InChI=1S/C25H21Cl3N4O4S/c1-15-29-30-25(32(15)19-9-7-18(26)8-10-19)37-23(13-31(33)34)17-11-21(28)24(22(12-17)35-2)36-14-16-5-3-4-6-20(16)27/h3-12,23H,13-14H2,1-2H3/t23-/m0/s1. The summed E-state index contributed by atoms with van der Waals surface area (Å²) in [5, 5.41) is 21.3. The molecule has 0 aliphatic rings. The van der Waals surface area contributed by atoms with Crippen LogP contribution < -0.4 is 9.47 Å². The molecule has 1 heterocycles. The number of ether oxygens (including phenoxy) is 2. The molecule has 0 bridgehead atoms. The molecule has 0 radical (unpaired) electrons. The third kappa shape index (κ3) is 6.48. The van der Waals surface area contributed by atoms with Crippen molar-refractivity contribution in [1.29, 1.82) is 0 Å². The molecule has 4 aromatic rings. The molecule has 0 saturated heterocycles. The van der Waals surface area contributed by atoms with Crippen LogP contribution in [0.15, 0.2) is 65.8 Å². The Morgan fingerprint density at radius 3 is 2.46 bits per heavy atom. The maximum absolute atomic E-state index is 11.6. The minimum absolute atomic E-state index is 0.172. The van der Waals surface area contributed by atoms with Crippen molar-refractivity contribution in [3.05, 3.63) is 103 Å². The molecule has 0 aliphatic carbocycles. The zero-order valence-electron chi connectivity index (χ0n) is 19.7. The van der Waals surface area contributed by atoms with Crippen LogP contribution in [-0.2, 0) is 6.61 Å². The van der Waals surface area contributed by atoms with Crippen LogP contribution in [0.2, 0.25) is 15.1 Å². The van der Waals surface area contributed by atoms with Crippen molar-refractivity contribution in [2.45, 2.75) is 23.9 Å². The molecule has 0 aliphatic heterocycles. The molecule has 1 atom stereocenters. The number of nitrogens with zero attached hydrogens (tertiary/aromatic N) is 4. The van der Waals surface area contributed by atoms with Crippen molar-refractivity contribution in [3.8, 4) is 17.2 Å². The van der Waals surface area contributed by atoms with Gasteiger partial charge in [0.15, 0.2) is 16.7 Å². The predicted octanol–water partition coefficient (Wildman–Crippen LogP) is 7.23. The van der Waals surface area contributed by atoms with Gasteiger partial charge >= 0.3 is 0 Å². The van der Waals surface area contributed by atoms with E-state index in [-0.39, 0.29) is 23.1 Å². The molecule has 0 amide bonds. The van der Waals surface area contributed by atoms with E-state index in [9.17, 15) is 10.1 Å². The Kier molecular flexibility index (Phi) is 8.81. The van der Waals surface area contributed by atoms with Gasteiger partial charge in [0, 0.05) is 26.2 Å². The molecule has 0 N–H and O–H groups in total. The lowest BCUT2D eigenvalue weighted by Gasteiger charge is -2.18. The summed E-state index contributed by atoms with van der Waals surface area (Å²) in [6.45, 7) is 1.60. The van der Waals surface area contributed by atoms with E-state index in [1.165, 1.54) is 18.9 Å². The van der Waals surface area contributed by atoms with Crippen molar-refractivity contribution < 1.29 is 14.4 Å². The lowest BCUT2D eigenvalue weighted by atomic mass is 10.1. The lowest BCUT2D eigenvalue weighted by Crippen LogP contribution is -2.12. The number of methoxy groups -OCH3 is 1. The van der Waals surface area contributed by atoms with Crippen LogP contribution in [0.5, 0.6) is 11.5 Å². The number of thioether (sulfide) groups is 1. The highest BCUT2D eigenvalue weighted by atomic mass is 35.5. The monoisotopic (exact) mass is 578 g/mol. The third-order valence-corrected chi connectivity index (χ3v) is 7.48. The summed E-state index contributed by atoms with van der Waals surface area (Å²) >= 11 is 20.1. The average Bonchev–Trinajstić information content (AvgIpc) is 3.23. The van der Waals surface area contributed by atoms with Crippen LogP contribution in [-0.4, -0.2) is 33.3 Å². The van der Waals surface area contributed by atoms with E-state index in [4.69, 9.17) is 44.3 Å². The molecule has 0 spiro atoms. The van der Waals surface area contributed by atoms with Gasteiger partial charge in [-0.1, -0.05) is 64.8 Å². The SMILES string of the molecule is COc1cc([C@H](C[N+](=O)[O-])Sc2nnc(C)n2-c2ccc(Cl)cc2)cc(Cl)c1OCc1ccccc1Cl. The quantitative estimate of drug-likeness (QED) is 0.111. The molecule has 192 valence electrons. The van der Waals surface area contributed by atoms with E-state index >= 15 is 0 Å². The van der Waals surface area contributed by atoms with Gasteiger partial charge in [-0.2, -0.15) is 0 Å². The summed E-state index contributed by atoms with van der Waals surface area (Å²) in [5.74, 6) is 1.29. The highest BCUT2D eigenvalue weighted by molar-refractivity contribution is 7.99. The van der Waals surface area contributed by atoms with Crippen molar-refractivity contribution >= 4 is 46.6 Å². The summed E-state index contributed by atoms with van der Waals surface area (Å²) < 4.78 is 13.3. The van der Waals surface area contributed by atoms with Crippen molar-refractivity contribution in [3.63, 3.8) is 0 Å². The molecule has 4 rings (SSSR count). The Morgan fingerprint density at radius 2 is 1.78 bits per heavy atom. The second kappa shape index (κ2) is 12.0. The molecular formula is C25H21Cl3N4O4S. The van der Waals surface area contributed by atoms with Crippen LogP contribution in [0.1, 0.15) is 22.2 Å². The van der Waals surface area contributed by atoms with Gasteiger partial charge < -0.3 is 9.47 Å². The van der Waals surface area contributed by atoms with E-state index < -0.39 is 5.25 Å². The fourth-order valence-corrected chi connectivity index (χ4v) is 5.35. The number of halogens is 3. The van der Waals surface area contributed by atoms with E-state index in [1.54, 1.807) is 37.3 Å². The number of benzene rings is 3. The minimum atomic E-state index is -0.645. The second-order valence-electron chi connectivity index (χ2n) is 7.88. The smallest absolute Gasteiger partial charge is 0.220 e. The van der Waals surface area contributed by atoms with Crippen molar-refractivity contribution in [2.24, 2.45) is 0 Å². The van der Waals surface area contributed by atoms with Gasteiger partial charge in [-0.05, 0) is 55.0 Å². The van der Waals surface area contributed by atoms with Crippen molar-refractivity contribution in [2.75, 3.05) is 13.7 Å². The molecule has 0 fully saturated rings. The highest BCUT2D eigenvalue weighted by Crippen LogP contribution is 2.43. The first-order valence-corrected chi connectivity index (χ1v) is 13.0. The van der Waals surface area contributed by atoms with Crippen LogP contribution in [0.25, 0.3) is 5.69 Å². The van der Waals surface area contributed by atoms with Gasteiger partial charge in [0.1, 0.15) is 17.7 Å². The van der Waals surface area contributed by atoms with Crippen molar-refractivity contribution in [1.82, 2.24) is 14.8 Å². The fourth-order valence-electron chi connectivity index (χ4n) is 3.61. The summed E-state index contributed by atoms with van der Waals surface area (Å²) in [6, 6.07) is 17.8. The van der Waals surface area contributed by atoms with E-state index in [0.717, 1.165) is 11.3 Å². The largest absolute Gasteiger partial charge is 0.493 e. The van der Waals surface area contributed by atoms with Gasteiger partial charge in [0.05, 0.1) is 12.1 Å². The Balaban J connectivity index is 1.66. The van der Waals surface area contributed by atoms with Gasteiger partial charge in [0.2, 0.25) is 6.54 Å². The van der Waals surface area contributed by atoms with E-state index in [2.05, 4.69) is 10.2 Å². The first-order chi connectivity index (χ1) is 17.8. The maximum Gasteiger partial charge on any atom is 0.220 e. The number of aryl methyl sites for hydroxylation is 1. The maximum atomic E-state index is 11.6. The lowest BCUT2D eigenvalue weighted by molar-refractivity contribution is -0.479. The third-order valence-electron chi connectivity index (χ3n) is 5.40. The molecule has 3 aromatic carbocycles. The summed E-state index contributed by atoms with van der Waals surface area (Å²) in [6.07, 6.45) is 0. The Hall–Kier alpha value is -2.98. The first kappa shape index (κ1) is 27.1. The van der Waals surface area contributed by atoms with Crippen LogP contribution >= 0.6 is 46.6 Å². The molecule has 0 saturated carbocycles. The average molecular weight is 580 g/mol. The fraction of sp³-hybridized carbons (Fsp3) is 0.200. The van der Waals surface area contributed by atoms with Crippen LogP contribution in [0.3, 0.4) is 0 Å². The number of aromatic nitrogens is 3. The molecule has 12 heteroatoms. The van der Waals surface area contributed by atoms with Crippen LogP contribution in [0, 0.1) is 17.0 Å². The Bertz CT molecular complexity index is 1420. The zero-order chi connectivity index (χ0) is 26.5. The van der Waals surface area contributed by atoms with Crippen LogP contribution in [0.4, 0.5) is 0 Å². The minimum Gasteiger partial charge on any atom is -0.493 e. The molecule has 0 unspecified atom stereocenters. The van der Waals surface area contributed by atoms with E-state index in [1.807, 2.05) is 34.9 Å². The number of hydrogen-bond donors (Lipinski definition) is 0. The normalized spacial score (nSPS) is 11.8. The topological polar surface area (TPSA) is 92.3 Å². The Labute approximate surface area is 232 Å². The molecule has 8 nitrogen and oxygen atoms in total. The zero-order valence-corrected chi connectivity index (χ0v) is 22.8. The van der Waals surface area contributed by atoms with Gasteiger partial charge in [-0.15, -0.1) is 10.2 Å². The first-order valence-electron chi connectivity index (χ1n) is 11.0. The Morgan fingerprint density at radius 1 is 1.05 bits per heavy atom. The van der Waals surface area contributed by atoms with Gasteiger partial charge in [0.25, 0.3) is 0 Å². The predicted molar refractivity (Wildman–Crippen MR) is 145 cm³/mol. The van der Waals surface area contributed by atoms with Gasteiger partial charge in [-0.25, -0.2) is 0 Å². The summed E-state index contributed by atoms with van der Waals surface area (Å²) in [4.78, 5) is 11.2. The highest BCUT2D eigenvalue weighted by Gasteiger charge is 2.26. The van der Waals surface area contributed by atoms with E-state index in [0.29, 0.717) is 38.1 Å².